The molecule has 1 saturated heterocycles. The molecule has 19 heavy (non-hydrogen) atoms. The van der Waals surface area contributed by atoms with Crippen LogP contribution in [0.15, 0.2) is 24.3 Å². The Morgan fingerprint density at radius 2 is 2.16 bits per heavy atom. The summed E-state index contributed by atoms with van der Waals surface area (Å²) in [6, 6.07) is 8.25. The van der Waals surface area contributed by atoms with E-state index in [0.717, 1.165) is 19.5 Å². The Morgan fingerprint density at radius 1 is 1.42 bits per heavy atom. The number of ether oxygens (including phenoxy) is 1. The van der Waals surface area contributed by atoms with Crippen LogP contribution in [0.25, 0.3) is 0 Å². The fourth-order valence-electron chi connectivity index (χ4n) is 2.58. The number of hydrogen-bond acceptors (Lipinski definition) is 3. The monoisotopic (exact) mass is 263 g/mol. The summed E-state index contributed by atoms with van der Waals surface area (Å²) in [5.41, 5.74) is 2.43. The van der Waals surface area contributed by atoms with Gasteiger partial charge in [0.05, 0.1) is 6.10 Å². The third-order valence-corrected chi connectivity index (χ3v) is 3.64. The molecule has 2 rings (SSSR count). The number of nitrogens with zero attached hydrogens (tertiary/aromatic N) is 1. The number of anilines is 1. The number of carbonyl (C=O) groups is 1. The van der Waals surface area contributed by atoms with E-state index in [4.69, 9.17) is 9.84 Å². The van der Waals surface area contributed by atoms with E-state index in [1.807, 2.05) is 12.1 Å². The summed E-state index contributed by atoms with van der Waals surface area (Å²) >= 11 is 0. The molecule has 1 heterocycles. The van der Waals surface area contributed by atoms with Crippen LogP contribution < -0.4 is 4.90 Å². The highest BCUT2D eigenvalue weighted by atomic mass is 16.5. The predicted molar refractivity (Wildman–Crippen MR) is 74.6 cm³/mol. The number of hydrogen-bond donors (Lipinski definition) is 1. The highest BCUT2D eigenvalue weighted by Crippen LogP contribution is 2.24. The normalized spacial score (nSPS) is 22.4. The van der Waals surface area contributed by atoms with Gasteiger partial charge in [-0.2, -0.15) is 0 Å². The first-order valence-corrected chi connectivity index (χ1v) is 6.80. The molecule has 0 aromatic heterocycles. The van der Waals surface area contributed by atoms with Gasteiger partial charge in [-0.15, -0.1) is 0 Å². The summed E-state index contributed by atoms with van der Waals surface area (Å²) in [6.07, 6.45) is 0.825. The van der Waals surface area contributed by atoms with Crippen LogP contribution >= 0.6 is 0 Å². The van der Waals surface area contributed by atoms with Crippen molar-refractivity contribution in [1.82, 2.24) is 0 Å². The van der Waals surface area contributed by atoms with Crippen molar-refractivity contribution in [2.45, 2.75) is 38.9 Å². The van der Waals surface area contributed by atoms with Gasteiger partial charge < -0.3 is 14.7 Å². The first-order chi connectivity index (χ1) is 9.11. The number of benzene rings is 1. The highest BCUT2D eigenvalue weighted by molar-refractivity contribution is 5.72. The summed E-state index contributed by atoms with van der Waals surface area (Å²) in [7, 11) is 0. The molecule has 0 aliphatic carbocycles. The summed E-state index contributed by atoms with van der Waals surface area (Å²) in [5, 5.41) is 8.94. The Bertz CT molecular complexity index is 447. The standard InChI is InChI=1S/C15H21NO3/c1-3-16(13-7-5-4-6-11(13)2)10-12-8-9-14(19-12)15(17)18/h4-7,12,14H,3,8-10H2,1-2H3,(H,17,18). The van der Waals surface area contributed by atoms with E-state index in [9.17, 15) is 4.79 Å². The van der Waals surface area contributed by atoms with Crippen molar-refractivity contribution in [3.8, 4) is 0 Å². The van der Waals surface area contributed by atoms with E-state index in [1.54, 1.807) is 0 Å². The fourth-order valence-corrected chi connectivity index (χ4v) is 2.58. The van der Waals surface area contributed by atoms with Crippen LogP contribution in [0.1, 0.15) is 25.3 Å². The van der Waals surface area contributed by atoms with Crippen LogP contribution in [0.5, 0.6) is 0 Å². The first-order valence-electron chi connectivity index (χ1n) is 6.80. The Balaban J connectivity index is 2.01. The third kappa shape index (κ3) is 3.26. The average molecular weight is 263 g/mol. The van der Waals surface area contributed by atoms with Gasteiger partial charge in [0.1, 0.15) is 0 Å². The zero-order valence-electron chi connectivity index (χ0n) is 11.5. The lowest BCUT2D eigenvalue weighted by atomic mass is 10.1. The van der Waals surface area contributed by atoms with Gasteiger partial charge >= 0.3 is 5.97 Å². The largest absolute Gasteiger partial charge is 0.479 e. The lowest BCUT2D eigenvalue weighted by molar-refractivity contribution is -0.149. The Kier molecular flexibility index (Phi) is 4.43. The lowest BCUT2D eigenvalue weighted by Crippen LogP contribution is -2.33. The Labute approximate surface area is 114 Å². The molecule has 1 aromatic carbocycles. The number of carboxylic acids is 1. The maximum Gasteiger partial charge on any atom is 0.332 e. The van der Waals surface area contributed by atoms with Crippen LogP contribution in [-0.2, 0) is 9.53 Å². The van der Waals surface area contributed by atoms with Crippen molar-refractivity contribution >= 4 is 11.7 Å². The van der Waals surface area contributed by atoms with E-state index in [-0.39, 0.29) is 6.10 Å². The molecule has 1 aromatic rings. The maximum absolute atomic E-state index is 10.9. The zero-order valence-corrected chi connectivity index (χ0v) is 11.5. The van der Waals surface area contributed by atoms with Crippen molar-refractivity contribution in [3.05, 3.63) is 29.8 Å². The number of para-hydroxylation sites is 1. The molecular formula is C15H21NO3. The van der Waals surface area contributed by atoms with Gasteiger partial charge in [0.15, 0.2) is 6.10 Å². The third-order valence-electron chi connectivity index (χ3n) is 3.64. The Morgan fingerprint density at radius 3 is 2.74 bits per heavy atom. The van der Waals surface area contributed by atoms with Crippen LogP contribution in [0, 0.1) is 6.92 Å². The summed E-state index contributed by atoms with van der Waals surface area (Å²) in [5.74, 6) is -0.846. The minimum atomic E-state index is -0.846. The summed E-state index contributed by atoms with van der Waals surface area (Å²) in [4.78, 5) is 13.1. The smallest absolute Gasteiger partial charge is 0.332 e. The second-order valence-corrected chi connectivity index (χ2v) is 4.99. The van der Waals surface area contributed by atoms with Crippen molar-refractivity contribution < 1.29 is 14.6 Å². The van der Waals surface area contributed by atoms with Crippen molar-refractivity contribution in [1.29, 1.82) is 0 Å². The minimum Gasteiger partial charge on any atom is -0.479 e. The quantitative estimate of drug-likeness (QED) is 0.886. The molecule has 104 valence electrons. The number of likely N-dealkylation sites (N-methyl/N-ethyl adjacent to an activating group) is 1. The van der Waals surface area contributed by atoms with Gasteiger partial charge in [-0.05, 0) is 38.3 Å². The van der Waals surface area contributed by atoms with Crippen LogP contribution in [0.3, 0.4) is 0 Å². The van der Waals surface area contributed by atoms with E-state index in [0.29, 0.717) is 6.42 Å². The number of carboxylic acid groups (broad SMARTS) is 1. The van der Waals surface area contributed by atoms with Gasteiger partial charge in [0.25, 0.3) is 0 Å². The molecule has 1 aliphatic rings. The summed E-state index contributed by atoms with van der Waals surface area (Å²) in [6.45, 7) is 5.84. The van der Waals surface area contributed by atoms with E-state index >= 15 is 0 Å². The molecule has 2 atom stereocenters. The second-order valence-electron chi connectivity index (χ2n) is 4.99. The molecule has 1 N–H and O–H groups in total. The van der Waals surface area contributed by atoms with Crippen molar-refractivity contribution in [2.75, 3.05) is 18.0 Å². The Hall–Kier alpha value is -1.55. The molecule has 4 heteroatoms. The fraction of sp³-hybridized carbons (Fsp3) is 0.533. The highest BCUT2D eigenvalue weighted by Gasteiger charge is 2.31. The molecule has 4 nitrogen and oxygen atoms in total. The average Bonchev–Trinajstić information content (AvgIpc) is 2.86. The second kappa shape index (κ2) is 6.06. The van der Waals surface area contributed by atoms with Crippen molar-refractivity contribution in [2.24, 2.45) is 0 Å². The van der Waals surface area contributed by atoms with Gasteiger partial charge in [-0.3, -0.25) is 0 Å². The van der Waals surface area contributed by atoms with Crippen LogP contribution in [0.4, 0.5) is 5.69 Å². The molecule has 1 fully saturated rings. The van der Waals surface area contributed by atoms with Gasteiger partial charge in [-0.1, -0.05) is 18.2 Å². The zero-order chi connectivity index (χ0) is 13.8. The number of aliphatic carboxylic acids is 1. The molecule has 0 amide bonds. The van der Waals surface area contributed by atoms with E-state index < -0.39 is 12.1 Å². The maximum atomic E-state index is 10.9. The van der Waals surface area contributed by atoms with Gasteiger partial charge in [0, 0.05) is 18.8 Å². The van der Waals surface area contributed by atoms with Gasteiger partial charge in [0.2, 0.25) is 0 Å². The van der Waals surface area contributed by atoms with E-state index in [2.05, 4.69) is 30.9 Å². The molecule has 0 spiro atoms. The van der Waals surface area contributed by atoms with Crippen LogP contribution in [0.2, 0.25) is 0 Å². The number of aryl methyl sites for hydroxylation is 1. The lowest BCUT2D eigenvalue weighted by Gasteiger charge is -2.27. The first kappa shape index (κ1) is 13.9. The molecule has 0 saturated carbocycles. The van der Waals surface area contributed by atoms with E-state index in [1.165, 1.54) is 11.3 Å². The molecular weight excluding hydrogens is 242 g/mol. The number of rotatable bonds is 5. The SMILES string of the molecule is CCN(CC1CCC(C(=O)O)O1)c1ccccc1C. The molecule has 2 unspecified atom stereocenters. The minimum absolute atomic E-state index is 0.0145. The molecule has 0 radical (unpaired) electrons. The predicted octanol–water partition coefficient (Wildman–Crippen LogP) is 2.45. The van der Waals surface area contributed by atoms with Crippen LogP contribution in [-0.4, -0.2) is 36.4 Å². The van der Waals surface area contributed by atoms with Gasteiger partial charge in [-0.25, -0.2) is 4.79 Å². The molecule has 1 aliphatic heterocycles. The topological polar surface area (TPSA) is 49.8 Å². The molecule has 0 bridgehead atoms. The summed E-state index contributed by atoms with van der Waals surface area (Å²) < 4.78 is 5.58. The van der Waals surface area contributed by atoms with Crippen molar-refractivity contribution in [3.63, 3.8) is 0 Å².